The number of piperazine rings is 1. The van der Waals surface area contributed by atoms with Crippen LogP contribution in [0.1, 0.15) is 0 Å². The van der Waals surface area contributed by atoms with Gasteiger partial charge in [0.25, 0.3) is 0 Å². The van der Waals surface area contributed by atoms with Gasteiger partial charge in [0.2, 0.25) is 15.9 Å². The van der Waals surface area contributed by atoms with Gasteiger partial charge in [-0.25, -0.2) is 8.42 Å². The van der Waals surface area contributed by atoms with E-state index in [2.05, 4.69) is 10.2 Å². The number of nitrogens with zero attached hydrogens (tertiary/aromatic N) is 2. The summed E-state index contributed by atoms with van der Waals surface area (Å²) in [5.74, 6) is 1.36. The van der Waals surface area contributed by atoms with Gasteiger partial charge in [0.1, 0.15) is 13.2 Å². The smallest absolute Gasteiger partial charge is 0.243 e. The minimum Gasteiger partial charge on any atom is -0.486 e. The number of hydrogen-bond donors (Lipinski definition) is 1. The lowest BCUT2D eigenvalue weighted by molar-refractivity contribution is -0.113. The Balaban J connectivity index is 1.37. The molecule has 0 radical (unpaired) electrons. The van der Waals surface area contributed by atoms with Gasteiger partial charge in [0, 0.05) is 36.8 Å². The van der Waals surface area contributed by atoms with Crippen LogP contribution in [0.25, 0.3) is 0 Å². The maximum atomic E-state index is 12.9. The lowest BCUT2D eigenvalue weighted by Gasteiger charge is -2.31. The molecule has 1 N–H and O–H groups in total. The predicted octanol–water partition coefficient (Wildman–Crippen LogP) is 2.12. The molecule has 2 aromatic rings. The zero-order valence-corrected chi connectivity index (χ0v) is 18.9. The van der Waals surface area contributed by atoms with Crippen LogP contribution in [-0.4, -0.2) is 75.7 Å². The Kier molecular flexibility index (Phi) is 6.71. The molecule has 1 saturated heterocycles. The first kappa shape index (κ1) is 21.9. The molecule has 2 aliphatic heterocycles. The molecular weight excluding hydrogens is 438 g/mol. The predicted molar refractivity (Wildman–Crippen MR) is 119 cm³/mol. The van der Waals surface area contributed by atoms with E-state index in [1.54, 1.807) is 18.2 Å². The Morgan fingerprint density at radius 1 is 1.03 bits per heavy atom. The fraction of sp³-hybridized carbons (Fsp3) is 0.381. The lowest BCUT2D eigenvalue weighted by Crippen LogP contribution is -2.47. The number of benzene rings is 2. The SMILES string of the molecule is CN1CCN(S(=O)(=O)c2cccc(NC(=O)CSc3ccc4c(c3)OCCO4)c2)CC1. The third-order valence-electron chi connectivity index (χ3n) is 5.10. The van der Waals surface area contributed by atoms with E-state index in [0.29, 0.717) is 56.6 Å². The Hall–Kier alpha value is -2.27. The van der Waals surface area contributed by atoms with Crippen molar-refractivity contribution in [2.45, 2.75) is 9.79 Å². The number of ether oxygens (including phenoxy) is 2. The summed E-state index contributed by atoms with van der Waals surface area (Å²) >= 11 is 1.37. The third-order valence-corrected chi connectivity index (χ3v) is 7.99. The molecule has 0 aliphatic carbocycles. The molecular formula is C21H25N3O5S2. The van der Waals surface area contributed by atoms with E-state index in [0.717, 1.165) is 4.90 Å². The molecule has 0 spiro atoms. The Morgan fingerprint density at radius 2 is 1.77 bits per heavy atom. The van der Waals surface area contributed by atoms with E-state index >= 15 is 0 Å². The van der Waals surface area contributed by atoms with Crippen molar-refractivity contribution in [1.82, 2.24) is 9.21 Å². The Bertz CT molecular complexity index is 1050. The summed E-state index contributed by atoms with van der Waals surface area (Å²) < 4.78 is 38.4. The number of rotatable bonds is 6. The maximum Gasteiger partial charge on any atom is 0.243 e. The lowest BCUT2D eigenvalue weighted by atomic mass is 10.3. The first-order valence-corrected chi connectivity index (χ1v) is 12.5. The molecule has 1 amide bonds. The number of amides is 1. The summed E-state index contributed by atoms with van der Waals surface area (Å²) in [6.07, 6.45) is 0. The summed E-state index contributed by atoms with van der Waals surface area (Å²) in [6, 6.07) is 12.0. The molecule has 2 aliphatic rings. The molecule has 0 unspecified atom stereocenters. The Morgan fingerprint density at radius 3 is 2.55 bits per heavy atom. The number of carbonyl (C=O) groups is 1. The van der Waals surface area contributed by atoms with Crippen LogP contribution in [0, 0.1) is 0 Å². The average Bonchev–Trinajstić information content (AvgIpc) is 2.78. The van der Waals surface area contributed by atoms with Gasteiger partial charge in [0.05, 0.1) is 10.6 Å². The molecule has 166 valence electrons. The van der Waals surface area contributed by atoms with Gasteiger partial charge in [-0.2, -0.15) is 4.31 Å². The summed E-state index contributed by atoms with van der Waals surface area (Å²) in [6.45, 7) is 3.36. The van der Waals surface area contributed by atoms with Crippen LogP contribution in [0.15, 0.2) is 52.3 Å². The zero-order valence-electron chi connectivity index (χ0n) is 17.2. The number of carbonyl (C=O) groups excluding carboxylic acids is 1. The summed E-state index contributed by atoms with van der Waals surface area (Å²) in [5, 5.41) is 2.79. The standard InChI is InChI=1S/C21H25N3O5S2/c1-23-7-9-24(10-8-23)31(26,27)18-4-2-3-16(13-18)22-21(25)15-30-17-5-6-19-20(14-17)29-12-11-28-19/h2-6,13-14H,7-12,15H2,1H3,(H,22,25). The van der Waals surface area contributed by atoms with Crippen molar-refractivity contribution in [1.29, 1.82) is 0 Å². The Labute approximate surface area is 186 Å². The average molecular weight is 464 g/mol. The van der Waals surface area contributed by atoms with Crippen molar-refractivity contribution < 1.29 is 22.7 Å². The van der Waals surface area contributed by atoms with Crippen LogP contribution >= 0.6 is 11.8 Å². The molecule has 2 aromatic carbocycles. The largest absolute Gasteiger partial charge is 0.486 e. The highest BCUT2D eigenvalue weighted by molar-refractivity contribution is 8.00. The van der Waals surface area contributed by atoms with Gasteiger partial charge < -0.3 is 19.7 Å². The second-order valence-corrected chi connectivity index (χ2v) is 10.4. The number of hydrogen-bond acceptors (Lipinski definition) is 7. The number of anilines is 1. The van der Waals surface area contributed by atoms with Crippen molar-refractivity contribution >= 4 is 33.4 Å². The van der Waals surface area contributed by atoms with Crippen LogP contribution in [-0.2, 0) is 14.8 Å². The number of fused-ring (bicyclic) bond motifs is 1. The third kappa shape index (κ3) is 5.32. The summed E-state index contributed by atoms with van der Waals surface area (Å²) in [5.41, 5.74) is 0.461. The maximum absolute atomic E-state index is 12.9. The van der Waals surface area contributed by atoms with Crippen molar-refractivity contribution in [2.75, 3.05) is 57.5 Å². The van der Waals surface area contributed by atoms with Gasteiger partial charge in [0.15, 0.2) is 11.5 Å². The van der Waals surface area contributed by atoms with Gasteiger partial charge in [-0.15, -0.1) is 11.8 Å². The summed E-state index contributed by atoms with van der Waals surface area (Å²) in [4.78, 5) is 15.6. The van der Waals surface area contributed by atoms with E-state index in [-0.39, 0.29) is 16.6 Å². The van der Waals surface area contributed by atoms with E-state index in [1.165, 1.54) is 22.1 Å². The number of likely N-dealkylation sites (N-methyl/N-ethyl adjacent to an activating group) is 1. The van der Waals surface area contributed by atoms with Crippen LogP contribution in [0.2, 0.25) is 0 Å². The van der Waals surface area contributed by atoms with Gasteiger partial charge in [-0.1, -0.05) is 6.07 Å². The molecule has 8 nitrogen and oxygen atoms in total. The molecule has 0 bridgehead atoms. The minimum absolute atomic E-state index is 0.189. The molecule has 10 heteroatoms. The van der Waals surface area contributed by atoms with Crippen molar-refractivity contribution in [3.63, 3.8) is 0 Å². The zero-order chi connectivity index (χ0) is 21.8. The number of sulfonamides is 1. The number of thioether (sulfide) groups is 1. The van der Waals surface area contributed by atoms with Crippen LogP contribution < -0.4 is 14.8 Å². The first-order valence-electron chi connectivity index (χ1n) is 10.0. The van der Waals surface area contributed by atoms with Crippen LogP contribution in [0.3, 0.4) is 0 Å². The van der Waals surface area contributed by atoms with E-state index in [1.807, 2.05) is 25.2 Å². The fourth-order valence-corrected chi connectivity index (χ4v) is 5.56. The van der Waals surface area contributed by atoms with Crippen LogP contribution in [0.4, 0.5) is 5.69 Å². The topological polar surface area (TPSA) is 88.2 Å². The minimum atomic E-state index is -3.58. The molecule has 0 saturated carbocycles. The molecule has 0 atom stereocenters. The van der Waals surface area contributed by atoms with E-state index < -0.39 is 10.0 Å². The van der Waals surface area contributed by atoms with Gasteiger partial charge >= 0.3 is 0 Å². The monoisotopic (exact) mass is 463 g/mol. The van der Waals surface area contributed by atoms with Crippen molar-refractivity contribution in [3.8, 4) is 11.5 Å². The second kappa shape index (κ2) is 9.47. The molecule has 2 heterocycles. The molecule has 31 heavy (non-hydrogen) atoms. The van der Waals surface area contributed by atoms with Crippen molar-refractivity contribution in [3.05, 3.63) is 42.5 Å². The van der Waals surface area contributed by atoms with Gasteiger partial charge in [-0.05, 0) is 43.4 Å². The van der Waals surface area contributed by atoms with E-state index in [9.17, 15) is 13.2 Å². The molecule has 0 aromatic heterocycles. The number of nitrogens with one attached hydrogen (secondary N) is 1. The van der Waals surface area contributed by atoms with Gasteiger partial charge in [-0.3, -0.25) is 4.79 Å². The van der Waals surface area contributed by atoms with Crippen LogP contribution in [0.5, 0.6) is 11.5 Å². The second-order valence-electron chi connectivity index (χ2n) is 7.38. The fourth-order valence-electron chi connectivity index (χ4n) is 3.37. The molecule has 4 rings (SSSR count). The first-order chi connectivity index (χ1) is 14.9. The normalized spacial score (nSPS) is 17.3. The summed E-state index contributed by atoms with van der Waals surface area (Å²) in [7, 11) is -1.61. The molecule has 1 fully saturated rings. The quantitative estimate of drug-likeness (QED) is 0.657. The highest BCUT2D eigenvalue weighted by atomic mass is 32.2. The highest BCUT2D eigenvalue weighted by Crippen LogP contribution is 2.34. The highest BCUT2D eigenvalue weighted by Gasteiger charge is 2.27. The van der Waals surface area contributed by atoms with E-state index in [4.69, 9.17) is 9.47 Å². The van der Waals surface area contributed by atoms with Crippen molar-refractivity contribution in [2.24, 2.45) is 0 Å².